The van der Waals surface area contributed by atoms with E-state index in [2.05, 4.69) is 10.6 Å². The number of amides is 2. The van der Waals surface area contributed by atoms with E-state index in [9.17, 15) is 4.79 Å². The van der Waals surface area contributed by atoms with Crippen molar-refractivity contribution in [1.29, 1.82) is 5.41 Å². The number of aryl methyl sites for hydroxylation is 1. The molecule has 5 nitrogen and oxygen atoms in total. The zero-order chi connectivity index (χ0) is 13.5. The monoisotopic (exact) mass is 248 g/mol. The Morgan fingerprint density at radius 2 is 2.22 bits per heavy atom. The van der Waals surface area contributed by atoms with E-state index < -0.39 is 6.04 Å². The Labute approximate surface area is 107 Å². The Kier molecular flexibility index (Phi) is 5.17. The summed E-state index contributed by atoms with van der Waals surface area (Å²) in [5.41, 5.74) is 7.23. The summed E-state index contributed by atoms with van der Waals surface area (Å²) in [6, 6.07) is 6.78. The van der Waals surface area contributed by atoms with E-state index in [1.54, 1.807) is 0 Å². The average Bonchev–Trinajstić information content (AvgIpc) is 2.28. The van der Waals surface area contributed by atoms with Crippen LogP contribution in [0.5, 0.6) is 0 Å². The first-order valence-corrected chi connectivity index (χ1v) is 6.01. The van der Waals surface area contributed by atoms with E-state index in [-0.39, 0.29) is 11.9 Å². The third kappa shape index (κ3) is 4.45. The first kappa shape index (κ1) is 14.0. The van der Waals surface area contributed by atoms with Gasteiger partial charge in [0, 0.05) is 5.69 Å². The van der Waals surface area contributed by atoms with Gasteiger partial charge in [-0.3, -0.25) is 5.41 Å². The molecule has 0 heterocycles. The molecule has 0 aliphatic rings. The average molecular weight is 248 g/mol. The van der Waals surface area contributed by atoms with Gasteiger partial charge in [-0.2, -0.15) is 0 Å². The lowest BCUT2D eigenvalue weighted by atomic mass is 10.1. The number of urea groups is 1. The summed E-state index contributed by atoms with van der Waals surface area (Å²) in [4.78, 5) is 11.7. The van der Waals surface area contributed by atoms with Gasteiger partial charge in [-0.1, -0.05) is 25.5 Å². The van der Waals surface area contributed by atoms with Gasteiger partial charge in [0.05, 0.1) is 6.04 Å². The summed E-state index contributed by atoms with van der Waals surface area (Å²) in [5.74, 6) is -0.0174. The van der Waals surface area contributed by atoms with Crippen LogP contribution in [0.15, 0.2) is 24.3 Å². The van der Waals surface area contributed by atoms with Gasteiger partial charge in [0.25, 0.3) is 0 Å². The van der Waals surface area contributed by atoms with Crippen LogP contribution in [0.2, 0.25) is 0 Å². The number of rotatable bonds is 5. The SMILES string of the molecule is CCCC(NC(=O)Nc1cccc(C)c1)C(=N)N. The molecule has 1 unspecified atom stereocenters. The molecule has 0 saturated heterocycles. The van der Waals surface area contributed by atoms with Crippen LogP contribution in [0.4, 0.5) is 10.5 Å². The molecule has 5 heteroatoms. The largest absolute Gasteiger partial charge is 0.386 e. The number of benzene rings is 1. The van der Waals surface area contributed by atoms with Crippen LogP contribution in [-0.2, 0) is 0 Å². The number of amidine groups is 1. The second-order valence-corrected chi connectivity index (χ2v) is 4.26. The van der Waals surface area contributed by atoms with Crippen molar-refractivity contribution in [3.05, 3.63) is 29.8 Å². The van der Waals surface area contributed by atoms with Gasteiger partial charge in [-0.15, -0.1) is 0 Å². The highest BCUT2D eigenvalue weighted by Gasteiger charge is 2.13. The smallest absolute Gasteiger partial charge is 0.319 e. The Hall–Kier alpha value is -2.04. The van der Waals surface area contributed by atoms with Gasteiger partial charge in [-0.05, 0) is 31.0 Å². The summed E-state index contributed by atoms with van der Waals surface area (Å²) in [6.45, 7) is 3.94. The van der Waals surface area contributed by atoms with Crippen molar-refractivity contribution in [1.82, 2.24) is 5.32 Å². The molecule has 1 aromatic carbocycles. The fourth-order valence-electron chi connectivity index (χ4n) is 1.64. The van der Waals surface area contributed by atoms with Crippen molar-refractivity contribution < 1.29 is 4.79 Å². The van der Waals surface area contributed by atoms with Crippen molar-refractivity contribution in [2.24, 2.45) is 5.73 Å². The Morgan fingerprint density at radius 3 is 2.78 bits per heavy atom. The maximum absolute atomic E-state index is 11.7. The summed E-state index contributed by atoms with van der Waals surface area (Å²) < 4.78 is 0. The third-order valence-corrected chi connectivity index (χ3v) is 2.53. The minimum atomic E-state index is -0.403. The highest BCUT2D eigenvalue weighted by Crippen LogP contribution is 2.09. The zero-order valence-electron chi connectivity index (χ0n) is 10.8. The number of hydrogen-bond donors (Lipinski definition) is 4. The predicted molar refractivity (Wildman–Crippen MR) is 73.9 cm³/mol. The maximum Gasteiger partial charge on any atom is 0.319 e. The first-order valence-electron chi connectivity index (χ1n) is 6.01. The van der Waals surface area contributed by atoms with E-state index >= 15 is 0 Å². The molecule has 98 valence electrons. The highest BCUT2D eigenvalue weighted by atomic mass is 16.2. The van der Waals surface area contributed by atoms with E-state index in [0.717, 1.165) is 17.7 Å². The molecule has 0 aromatic heterocycles. The molecule has 18 heavy (non-hydrogen) atoms. The quantitative estimate of drug-likeness (QED) is 0.475. The zero-order valence-corrected chi connectivity index (χ0v) is 10.8. The summed E-state index contributed by atoms with van der Waals surface area (Å²) in [5, 5.41) is 12.8. The van der Waals surface area contributed by atoms with E-state index in [0.29, 0.717) is 6.42 Å². The Balaban J connectivity index is 2.57. The molecule has 0 bridgehead atoms. The number of carbonyl (C=O) groups excluding carboxylic acids is 1. The topological polar surface area (TPSA) is 91.0 Å². The molecular weight excluding hydrogens is 228 g/mol. The van der Waals surface area contributed by atoms with Crippen LogP contribution in [0.25, 0.3) is 0 Å². The Morgan fingerprint density at radius 1 is 1.50 bits per heavy atom. The molecular formula is C13H20N4O. The predicted octanol–water partition coefficient (Wildman–Crippen LogP) is 2.22. The van der Waals surface area contributed by atoms with Gasteiger partial charge in [0.1, 0.15) is 5.84 Å². The lowest BCUT2D eigenvalue weighted by Gasteiger charge is -2.17. The van der Waals surface area contributed by atoms with Crippen molar-refractivity contribution in [3.8, 4) is 0 Å². The molecule has 2 amide bonds. The fourth-order valence-corrected chi connectivity index (χ4v) is 1.64. The van der Waals surface area contributed by atoms with Crippen LogP contribution in [-0.4, -0.2) is 17.9 Å². The number of nitrogens with two attached hydrogens (primary N) is 1. The van der Waals surface area contributed by atoms with Crippen molar-refractivity contribution in [2.45, 2.75) is 32.7 Å². The van der Waals surface area contributed by atoms with Crippen LogP contribution in [0, 0.1) is 12.3 Å². The molecule has 5 N–H and O–H groups in total. The lowest BCUT2D eigenvalue weighted by molar-refractivity contribution is 0.250. The Bertz CT molecular complexity index is 431. The van der Waals surface area contributed by atoms with Crippen LogP contribution >= 0.6 is 0 Å². The summed E-state index contributed by atoms with van der Waals surface area (Å²) >= 11 is 0. The van der Waals surface area contributed by atoms with Crippen LogP contribution < -0.4 is 16.4 Å². The minimum absolute atomic E-state index is 0.0174. The van der Waals surface area contributed by atoms with Gasteiger partial charge in [-0.25, -0.2) is 4.79 Å². The number of anilines is 1. The first-order chi connectivity index (χ1) is 8.52. The standard InChI is InChI=1S/C13H20N4O/c1-3-5-11(12(14)15)17-13(18)16-10-7-4-6-9(2)8-10/h4,6-8,11H,3,5H2,1-2H3,(H3,14,15)(H2,16,17,18). The fraction of sp³-hybridized carbons (Fsp3) is 0.385. The normalized spacial score (nSPS) is 11.7. The maximum atomic E-state index is 11.7. The molecule has 0 spiro atoms. The second kappa shape index (κ2) is 6.64. The van der Waals surface area contributed by atoms with Crippen LogP contribution in [0.1, 0.15) is 25.3 Å². The van der Waals surface area contributed by atoms with Crippen molar-refractivity contribution in [2.75, 3.05) is 5.32 Å². The van der Waals surface area contributed by atoms with Gasteiger partial charge in [0.2, 0.25) is 0 Å². The highest BCUT2D eigenvalue weighted by molar-refractivity contribution is 5.94. The van der Waals surface area contributed by atoms with Gasteiger partial charge in [0.15, 0.2) is 0 Å². The molecule has 0 saturated carbocycles. The van der Waals surface area contributed by atoms with E-state index in [1.807, 2.05) is 38.1 Å². The van der Waals surface area contributed by atoms with Gasteiger partial charge >= 0.3 is 6.03 Å². The molecule has 1 atom stereocenters. The van der Waals surface area contributed by atoms with Crippen LogP contribution in [0.3, 0.4) is 0 Å². The van der Waals surface area contributed by atoms with Gasteiger partial charge < -0.3 is 16.4 Å². The summed E-state index contributed by atoms with van der Waals surface area (Å²) in [7, 11) is 0. The third-order valence-electron chi connectivity index (χ3n) is 2.53. The number of hydrogen-bond acceptors (Lipinski definition) is 2. The lowest BCUT2D eigenvalue weighted by Crippen LogP contribution is -2.45. The van der Waals surface area contributed by atoms with Crippen molar-refractivity contribution in [3.63, 3.8) is 0 Å². The summed E-state index contributed by atoms with van der Waals surface area (Å²) in [6.07, 6.45) is 1.52. The molecule has 1 rings (SSSR count). The number of carbonyl (C=O) groups is 1. The van der Waals surface area contributed by atoms with E-state index in [1.165, 1.54) is 0 Å². The van der Waals surface area contributed by atoms with E-state index in [4.69, 9.17) is 11.1 Å². The number of nitrogens with one attached hydrogen (secondary N) is 3. The molecule has 0 aliphatic carbocycles. The van der Waals surface area contributed by atoms with Crippen molar-refractivity contribution >= 4 is 17.6 Å². The molecule has 1 aromatic rings. The molecule has 0 radical (unpaired) electrons. The minimum Gasteiger partial charge on any atom is -0.386 e. The molecule has 0 aliphatic heterocycles. The second-order valence-electron chi connectivity index (χ2n) is 4.26. The molecule has 0 fully saturated rings.